The zero-order valence-electron chi connectivity index (χ0n) is 10.3. The molecule has 0 amide bonds. The summed E-state index contributed by atoms with van der Waals surface area (Å²) in [5, 5.41) is 3.69. The van der Waals surface area contributed by atoms with Crippen molar-refractivity contribution in [3.63, 3.8) is 0 Å². The van der Waals surface area contributed by atoms with Crippen LogP contribution in [0.2, 0.25) is 5.02 Å². The second kappa shape index (κ2) is 5.56. The zero-order chi connectivity index (χ0) is 14.1. The van der Waals surface area contributed by atoms with Gasteiger partial charge in [0, 0.05) is 26.7 Å². The fourth-order valence-corrected chi connectivity index (χ4v) is 3.19. The molecule has 0 spiro atoms. The number of nitrogens with two attached hydrogens (primary N) is 1. The van der Waals surface area contributed by atoms with Crippen LogP contribution in [-0.2, 0) is 0 Å². The van der Waals surface area contributed by atoms with E-state index in [1.165, 1.54) is 0 Å². The van der Waals surface area contributed by atoms with E-state index in [2.05, 4.69) is 20.9 Å². The Morgan fingerprint density at radius 1 is 1.10 bits per heavy atom. The molecule has 1 aromatic heterocycles. The van der Waals surface area contributed by atoms with Crippen LogP contribution < -0.4 is 5.73 Å². The van der Waals surface area contributed by atoms with Crippen molar-refractivity contribution >= 4 is 44.6 Å². The fraction of sp³-hybridized carbons (Fsp3) is 0. The van der Waals surface area contributed by atoms with Gasteiger partial charge in [-0.05, 0) is 40.2 Å². The molecule has 2 aromatic carbocycles. The van der Waals surface area contributed by atoms with Crippen molar-refractivity contribution in [3.8, 4) is 21.8 Å². The number of rotatable bonds is 2. The summed E-state index contributed by atoms with van der Waals surface area (Å²) in [7, 11) is 0. The van der Waals surface area contributed by atoms with Gasteiger partial charge >= 0.3 is 0 Å². The van der Waals surface area contributed by atoms with Crippen LogP contribution in [0.15, 0.2) is 52.3 Å². The first-order chi connectivity index (χ1) is 9.63. The minimum absolute atomic E-state index is 0.696. The largest absolute Gasteiger partial charge is 0.399 e. The highest BCUT2D eigenvalue weighted by molar-refractivity contribution is 9.10. The number of benzene rings is 2. The summed E-state index contributed by atoms with van der Waals surface area (Å²) in [4.78, 5) is 4.66. The van der Waals surface area contributed by atoms with E-state index in [9.17, 15) is 0 Å². The summed E-state index contributed by atoms with van der Waals surface area (Å²) in [6, 6.07) is 13.5. The van der Waals surface area contributed by atoms with Crippen LogP contribution in [0.1, 0.15) is 0 Å². The number of aromatic nitrogens is 1. The quantitative estimate of drug-likeness (QED) is 0.611. The van der Waals surface area contributed by atoms with Gasteiger partial charge in [0.15, 0.2) is 0 Å². The van der Waals surface area contributed by atoms with Crippen molar-refractivity contribution < 1.29 is 0 Å². The van der Waals surface area contributed by atoms with Crippen molar-refractivity contribution in [1.29, 1.82) is 0 Å². The summed E-state index contributed by atoms with van der Waals surface area (Å²) in [6.45, 7) is 0. The SMILES string of the molecule is Nc1cccc(-c2csc(-c3ccc(Cl)c(Br)c3)n2)c1. The van der Waals surface area contributed by atoms with Gasteiger partial charge in [0.2, 0.25) is 0 Å². The highest BCUT2D eigenvalue weighted by atomic mass is 79.9. The molecule has 3 aromatic rings. The van der Waals surface area contributed by atoms with Crippen LogP contribution in [0.3, 0.4) is 0 Å². The smallest absolute Gasteiger partial charge is 0.124 e. The number of nitrogens with zero attached hydrogens (tertiary/aromatic N) is 1. The van der Waals surface area contributed by atoms with Gasteiger partial charge in [-0.15, -0.1) is 11.3 Å². The maximum Gasteiger partial charge on any atom is 0.124 e. The number of hydrogen-bond acceptors (Lipinski definition) is 3. The van der Waals surface area contributed by atoms with Gasteiger partial charge in [-0.1, -0.05) is 29.8 Å². The summed E-state index contributed by atoms with van der Waals surface area (Å²) in [6.07, 6.45) is 0. The van der Waals surface area contributed by atoms with E-state index in [0.29, 0.717) is 5.02 Å². The molecule has 5 heteroatoms. The Labute approximate surface area is 134 Å². The lowest BCUT2D eigenvalue weighted by Gasteiger charge is -2.00. The Kier molecular flexibility index (Phi) is 3.78. The maximum absolute atomic E-state index is 6.01. The highest BCUT2D eigenvalue weighted by Crippen LogP contribution is 2.33. The lowest BCUT2D eigenvalue weighted by Crippen LogP contribution is -1.85. The molecule has 2 nitrogen and oxygen atoms in total. The Morgan fingerprint density at radius 3 is 2.70 bits per heavy atom. The van der Waals surface area contributed by atoms with Crippen LogP contribution in [0.25, 0.3) is 21.8 Å². The maximum atomic E-state index is 6.01. The van der Waals surface area contributed by atoms with Crippen molar-refractivity contribution in [1.82, 2.24) is 4.98 Å². The van der Waals surface area contributed by atoms with E-state index in [0.717, 1.165) is 32.0 Å². The van der Waals surface area contributed by atoms with Crippen LogP contribution in [0, 0.1) is 0 Å². The molecule has 0 aliphatic heterocycles. The summed E-state index contributed by atoms with van der Waals surface area (Å²) < 4.78 is 0.873. The Bertz CT molecular complexity index is 770. The van der Waals surface area contributed by atoms with Gasteiger partial charge in [-0.3, -0.25) is 0 Å². The number of nitrogen functional groups attached to an aromatic ring is 1. The van der Waals surface area contributed by atoms with Gasteiger partial charge in [-0.2, -0.15) is 0 Å². The molecule has 1 heterocycles. The molecular weight excluding hydrogens is 356 g/mol. The van der Waals surface area contributed by atoms with Crippen LogP contribution in [0.4, 0.5) is 5.69 Å². The third kappa shape index (κ3) is 2.73. The molecule has 0 saturated heterocycles. The van der Waals surface area contributed by atoms with Crippen molar-refractivity contribution in [2.45, 2.75) is 0 Å². The molecule has 0 radical (unpaired) electrons. The Balaban J connectivity index is 1.99. The van der Waals surface area contributed by atoms with Gasteiger partial charge < -0.3 is 5.73 Å². The number of thiazole rings is 1. The first kappa shape index (κ1) is 13.6. The van der Waals surface area contributed by atoms with E-state index < -0.39 is 0 Å². The van der Waals surface area contributed by atoms with Crippen LogP contribution >= 0.6 is 38.9 Å². The van der Waals surface area contributed by atoms with E-state index >= 15 is 0 Å². The van der Waals surface area contributed by atoms with Crippen molar-refractivity contribution in [2.24, 2.45) is 0 Å². The molecular formula is C15H10BrClN2S. The molecule has 0 aliphatic carbocycles. The van der Waals surface area contributed by atoms with Gasteiger partial charge in [0.1, 0.15) is 5.01 Å². The van der Waals surface area contributed by atoms with E-state index in [-0.39, 0.29) is 0 Å². The molecule has 0 aliphatic rings. The molecule has 2 N–H and O–H groups in total. The topological polar surface area (TPSA) is 38.9 Å². The minimum Gasteiger partial charge on any atom is -0.399 e. The average molecular weight is 366 g/mol. The van der Waals surface area contributed by atoms with Crippen LogP contribution in [0.5, 0.6) is 0 Å². The van der Waals surface area contributed by atoms with Gasteiger partial charge in [0.05, 0.1) is 10.7 Å². The number of halogens is 2. The summed E-state index contributed by atoms with van der Waals surface area (Å²) in [5.74, 6) is 0. The lowest BCUT2D eigenvalue weighted by atomic mass is 10.1. The predicted octanol–water partition coefficient (Wildman–Crippen LogP) is 5.48. The molecule has 0 fully saturated rings. The van der Waals surface area contributed by atoms with E-state index in [4.69, 9.17) is 17.3 Å². The second-order valence-corrected chi connectivity index (χ2v) is 6.41. The third-order valence-corrected chi connectivity index (χ3v) is 4.96. The fourth-order valence-electron chi connectivity index (χ4n) is 1.87. The lowest BCUT2D eigenvalue weighted by molar-refractivity contribution is 1.40. The highest BCUT2D eigenvalue weighted by Gasteiger charge is 2.08. The molecule has 0 bridgehead atoms. The summed E-state index contributed by atoms with van der Waals surface area (Å²) in [5.41, 5.74) is 9.55. The summed E-state index contributed by atoms with van der Waals surface area (Å²) >= 11 is 11.0. The second-order valence-electron chi connectivity index (χ2n) is 4.29. The van der Waals surface area contributed by atoms with Gasteiger partial charge in [-0.25, -0.2) is 4.98 Å². The average Bonchev–Trinajstić information content (AvgIpc) is 2.92. The molecule has 100 valence electrons. The molecule has 20 heavy (non-hydrogen) atoms. The molecule has 3 rings (SSSR count). The number of anilines is 1. The van der Waals surface area contributed by atoms with Crippen molar-refractivity contribution in [2.75, 3.05) is 5.73 Å². The van der Waals surface area contributed by atoms with Gasteiger partial charge in [0.25, 0.3) is 0 Å². The van der Waals surface area contributed by atoms with E-state index in [1.54, 1.807) is 11.3 Å². The Morgan fingerprint density at radius 2 is 1.95 bits per heavy atom. The molecule has 0 atom stereocenters. The standard InChI is InChI=1S/C15H10BrClN2S/c16-12-7-10(4-5-13(12)17)15-19-14(8-20-15)9-2-1-3-11(18)6-9/h1-8H,18H2. The Hall–Kier alpha value is -1.36. The zero-order valence-corrected chi connectivity index (χ0v) is 13.5. The van der Waals surface area contributed by atoms with Crippen LogP contribution in [-0.4, -0.2) is 4.98 Å². The predicted molar refractivity (Wildman–Crippen MR) is 90.1 cm³/mol. The first-order valence-electron chi connectivity index (χ1n) is 5.90. The first-order valence-corrected chi connectivity index (χ1v) is 7.95. The van der Waals surface area contributed by atoms with Crippen molar-refractivity contribution in [3.05, 3.63) is 57.3 Å². The third-order valence-electron chi connectivity index (χ3n) is 2.85. The normalized spacial score (nSPS) is 10.7. The van der Waals surface area contributed by atoms with E-state index in [1.807, 2.05) is 47.8 Å². The minimum atomic E-state index is 0.696. The number of hydrogen-bond donors (Lipinski definition) is 1. The monoisotopic (exact) mass is 364 g/mol. The molecule has 0 unspecified atom stereocenters. The molecule has 0 saturated carbocycles.